The number of methoxy groups -OCH3 is 1. The first-order chi connectivity index (χ1) is 8.86. The molecule has 1 aliphatic rings. The molecule has 0 bridgehead atoms. The van der Waals surface area contributed by atoms with E-state index in [1.165, 1.54) is 7.11 Å². The smallest absolute Gasteiger partial charge is 0.319 e. The Hall–Kier alpha value is -0.620. The van der Waals surface area contributed by atoms with Gasteiger partial charge in [-0.25, -0.2) is 8.42 Å². The molecule has 112 valence electrons. The van der Waals surface area contributed by atoms with Crippen LogP contribution in [0.2, 0.25) is 0 Å². The fourth-order valence-electron chi connectivity index (χ4n) is 2.37. The van der Waals surface area contributed by atoms with Crippen molar-refractivity contribution in [2.45, 2.75) is 50.8 Å². The Kier molecular flexibility index (Phi) is 6.26. The number of hydrogen-bond donors (Lipinski definition) is 0. The van der Waals surface area contributed by atoms with E-state index in [4.69, 9.17) is 0 Å². The van der Waals surface area contributed by atoms with E-state index >= 15 is 0 Å². The Morgan fingerprint density at radius 3 is 2.37 bits per heavy atom. The summed E-state index contributed by atoms with van der Waals surface area (Å²) in [7, 11) is -1.70. The topological polar surface area (TPSA) is 63.7 Å². The van der Waals surface area contributed by atoms with Gasteiger partial charge in [-0.1, -0.05) is 12.8 Å². The summed E-state index contributed by atoms with van der Waals surface area (Å²) in [6.45, 7) is 3.99. The second-order valence-electron chi connectivity index (χ2n) is 5.40. The van der Waals surface area contributed by atoms with Crippen LogP contribution >= 0.6 is 0 Å². The maximum Gasteiger partial charge on any atom is 0.319 e. The summed E-state index contributed by atoms with van der Waals surface area (Å²) in [5.74, 6) is -0.188. The average Bonchev–Trinajstić information content (AvgIpc) is 2.87. The molecule has 0 aliphatic heterocycles. The summed E-state index contributed by atoms with van der Waals surface area (Å²) in [4.78, 5) is 13.4. The van der Waals surface area contributed by atoms with Crippen LogP contribution in [0, 0.1) is 0 Å². The molecule has 6 heteroatoms. The largest absolute Gasteiger partial charge is 0.468 e. The van der Waals surface area contributed by atoms with Gasteiger partial charge in [-0.2, -0.15) is 0 Å². The molecule has 0 aromatic rings. The van der Waals surface area contributed by atoms with Gasteiger partial charge in [-0.3, -0.25) is 9.69 Å². The Balaban J connectivity index is 2.61. The summed E-state index contributed by atoms with van der Waals surface area (Å²) >= 11 is 0. The third-order valence-corrected chi connectivity index (χ3v) is 5.97. The lowest BCUT2D eigenvalue weighted by atomic mass is 10.2. The lowest BCUT2D eigenvalue weighted by molar-refractivity contribution is -0.142. The highest BCUT2D eigenvalue weighted by molar-refractivity contribution is 7.92. The van der Waals surface area contributed by atoms with Crippen LogP contribution in [-0.4, -0.2) is 56.5 Å². The lowest BCUT2D eigenvalue weighted by Crippen LogP contribution is -2.41. The predicted molar refractivity (Wildman–Crippen MR) is 74.8 cm³/mol. The van der Waals surface area contributed by atoms with E-state index in [0.717, 1.165) is 25.7 Å². The minimum absolute atomic E-state index is 0.109. The van der Waals surface area contributed by atoms with Crippen molar-refractivity contribution in [3.8, 4) is 0 Å². The fraction of sp³-hybridized carbons (Fsp3) is 0.923. The van der Waals surface area contributed by atoms with Crippen molar-refractivity contribution in [2.24, 2.45) is 0 Å². The first-order valence-electron chi connectivity index (χ1n) is 6.89. The van der Waals surface area contributed by atoms with Gasteiger partial charge >= 0.3 is 5.97 Å². The minimum atomic E-state index is -3.06. The van der Waals surface area contributed by atoms with Crippen LogP contribution in [0.4, 0.5) is 0 Å². The molecule has 0 atom stereocenters. The molecule has 0 saturated heterocycles. The summed E-state index contributed by atoms with van der Waals surface area (Å²) in [6.07, 6.45) is 4.38. The van der Waals surface area contributed by atoms with E-state index in [1.807, 2.05) is 4.90 Å². The zero-order valence-electron chi connectivity index (χ0n) is 12.1. The van der Waals surface area contributed by atoms with Gasteiger partial charge < -0.3 is 4.74 Å². The highest BCUT2D eigenvalue weighted by Gasteiger charge is 2.26. The van der Waals surface area contributed by atoms with Crippen molar-refractivity contribution in [2.75, 3.05) is 26.0 Å². The molecule has 5 nitrogen and oxygen atoms in total. The summed E-state index contributed by atoms with van der Waals surface area (Å²) in [5, 5.41) is -0.365. The van der Waals surface area contributed by atoms with Crippen molar-refractivity contribution < 1.29 is 17.9 Å². The fourth-order valence-corrected chi connectivity index (χ4v) is 3.33. The number of nitrogens with zero attached hydrogens (tertiary/aromatic N) is 1. The SMILES string of the molecule is COC(=O)CN(CCS(=O)(=O)C(C)C)C1CCCC1. The molecule has 0 aromatic carbocycles. The molecule has 0 aromatic heterocycles. The first kappa shape index (κ1) is 16.4. The Morgan fingerprint density at radius 1 is 1.32 bits per heavy atom. The minimum Gasteiger partial charge on any atom is -0.468 e. The molecular weight excluding hydrogens is 266 g/mol. The molecule has 0 amide bonds. The summed E-state index contributed by atoms with van der Waals surface area (Å²) < 4.78 is 28.4. The molecule has 19 heavy (non-hydrogen) atoms. The number of rotatable bonds is 7. The normalized spacial score (nSPS) is 17.3. The monoisotopic (exact) mass is 291 g/mol. The van der Waals surface area contributed by atoms with Gasteiger partial charge in [-0.05, 0) is 26.7 Å². The van der Waals surface area contributed by atoms with Crippen LogP contribution in [-0.2, 0) is 19.4 Å². The zero-order chi connectivity index (χ0) is 14.5. The molecule has 0 radical (unpaired) electrons. The number of hydrogen-bond acceptors (Lipinski definition) is 5. The highest BCUT2D eigenvalue weighted by Crippen LogP contribution is 2.23. The molecule has 0 spiro atoms. The second kappa shape index (κ2) is 7.24. The zero-order valence-corrected chi connectivity index (χ0v) is 12.9. The second-order valence-corrected chi connectivity index (χ2v) is 8.08. The summed E-state index contributed by atoms with van der Waals surface area (Å²) in [5.41, 5.74) is 0. The van der Waals surface area contributed by atoms with E-state index in [9.17, 15) is 13.2 Å². The highest BCUT2D eigenvalue weighted by atomic mass is 32.2. The first-order valence-corrected chi connectivity index (χ1v) is 8.61. The van der Waals surface area contributed by atoms with Crippen molar-refractivity contribution in [1.82, 2.24) is 4.90 Å². The van der Waals surface area contributed by atoms with Crippen molar-refractivity contribution in [1.29, 1.82) is 0 Å². The van der Waals surface area contributed by atoms with Crippen LogP contribution in [0.15, 0.2) is 0 Å². The van der Waals surface area contributed by atoms with Gasteiger partial charge in [0.1, 0.15) is 0 Å². The molecule has 1 aliphatic carbocycles. The molecular formula is C13H25NO4S. The number of carbonyl (C=O) groups excluding carboxylic acids is 1. The van der Waals surface area contributed by atoms with Crippen molar-refractivity contribution in [3.05, 3.63) is 0 Å². The maximum atomic E-state index is 11.9. The van der Waals surface area contributed by atoms with Crippen molar-refractivity contribution >= 4 is 15.8 Å². The Morgan fingerprint density at radius 2 is 1.89 bits per heavy atom. The molecule has 1 rings (SSSR count). The molecule has 0 unspecified atom stereocenters. The van der Waals surface area contributed by atoms with Gasteiger partial charge in [0.15, 0.2) is 9.84 Å². The molecule has 0 heterocycles. The average molecular weight is 291 g/mol. The maximum absolute atomic E-state index is 11.9. The lowest BCUT2D eigenvalue weighted by Gasteiger charge is -2.27. The molecule has 1 saturated carbocycles. The Bertz CT molecular complexity index is 385. The summed E-state index contributed by atoms with van der Waals surface area (Å²) in [6, 6.07) is 0.321. The predicted octanol–water partition coefficient (Wildman–Crippen LogP) is 1.23. The number of carbonyl (C=O) groups is 1. The Labute approximate surface area is 116 Å². The number of ether oxygens (including phenoxy) is 1. The van der Waals surface area contributed by atoms with E-state index in [-0.39, 0.29) is 23.5 Å². The number of esters is 1. The van der Waals surface area contributed by atoms with E-state index in [2.05, 4.69) is 4.74 Å². The van der Waals surface area contributed by atoms with Crippen LogP contribution in [0.5, 0.6) is 0 Å². The van der Waals surface area contributed by atoms with Gasteiger partial charge in [0, 0.05) is 12.6 Å². The van der Waals surface area contributed by atoms with Gasteiger partial charge in [0.2, 0.25) is 0 Å². The van der Waals surface area contributed by atoms with E-state index in [0.29, 0.717) is 12.6 Å². The third-order valence-electron chi connectivity index (χ3n) is 3.78. The molecule has 1 fully saturated rings. The van der Waals surface area contributed by atoms with Crippen LogP contribution in [0.3, 0.4) is 0 Å². The van der Waals surface area contributed by atoms with Gasteiger partial charge in [0.25, 0.3) is 0 Å². The van der Waals surface area contributed by atoms with Gasteiger partial charge in [-0.15, -0.1) is 0 Å². The van der Waals surface area contributed by atoms with Crippen molar-refractivity contribution in [3.63, 3.8) is 0 Å². The quantitative estimate of drug-likeness (QED) is 0.660. The number of sulfone groups is 1. The van der Waals surface area contributed by atoms with Gasteiger partial charge in [0.05, 0.1) is 24.7 Å². The third kappa shape index (κ3) is 5.10. The van der Waals surface area contributed by atoms with E-state index in [1.54, 1.807) is 13.8 Å². The molecule has 0 N–H and O–H groups in total. The van der Waals surface area contributed by atoms with Crippen LogP contribution in [0.25, 0.3) is 0 Å². The van der Waals surface area contributed by atoms with Crippen LogP contribution < -0.4 is 0 Å². The standard InChI is InChI=1S/C13H25NO4S/c1-11(2)19(16,17)9-8-14(10-13(15)18-3)12-6-4-5-7-12/h11-12H,4-10H2,1-3H3. The van der Waals surface area contributed by atoms with E-state index < -0.39 is 9.84 Å². The van der Waals surface area contributed by atoms with Crippen LogP contribution in [0.1, 0.15) is 39.5 Å².